The topological polar surface area (TPSA) is 146 Å². The molecule has 12 heteroatoms. The number of amides is 1. The molecule has 0 aliphatic carbocycles. The maximum absolute atomic E-state index is 12.5. The summed E-state index contributed by atoms with van der Waals surface area (Å²) in [6, 6.07) is 13.3. The minimum Gasteiger partial charge on any atom is -0.296 e. The van der Waals surface area contributed by atoms with E-state index in [2.05, 4.69) is 15.4 Å². The number of non-ortho nitro benzene ring substituents is 2. The first-order valence-corrected chi connectivity index (χ1v) is 9.61. The highest BCUT2D eigenvalue weighted by Gasteiger charge is 2.15. The van der Waals surface area contributed by atoms with Gasteiger partial charge < -0.3 is 0 Å². The average molecular weight is 436 g/mol. The second-order valence-corrected chi connectivity index (χ2v) is 7.08. The number of rotatable bonds is 6. The molecule has 2 aromatic carbocycles. The minimum atomic E-state index is -0.498. The van der Waals surface area contributed by atoms with Crippen molar-refractivity contribution in [2.75, 3.05) is 5.32 Å². The Bertz CT molecular complexity index is 1300. The van der Waals surface area contributed by atoms with E-state index in [1.165, 1.54) is 58.5 Å². The quantitative estimate of drug-likeness (QED) is 0.354. The lowest BCUT2D eigenvalue weighted by Crippen LogP contribution is -2.13. The van der Waals surface area contributed by atoms with Crippen molar-refractivity contribution in [3.63, 3.8) is 0 Å². The Balaban J connectivity index is 1.48. The molecule has 0 aliphatic heterocycles. The van der Waals surface area contributed by atoms with Gasteiger partial charge in [0.25, 0.3) is 17.3 Å². The van der Waals surface area contributed by atoms with Gasteiger partial charge >= 0.3 is 0 Å². The maximum Gasteiger partial charge on any atom is 0.277 e. The third kappa shape index (κ3) is 4.28. The van der Waals surface area contributed by atoms with Crippen LogP contribution < -0.4 is 5.32 Å². The highest BCUT2D eigenvalue weighted by molar-refractivity contribution is 7.14. The van der Waals surface area contributed by atoms with Crippen LogP contribution in [0.25, 0.3) is 16.9 Å². The monoisotopic (exact) mass is 436 g/mol. The number of nitro benzene ring substituents is 2. The third-order valence-electron chi connectivity index (χ3n) is 4.22. The Hall–Kier alpha value is -4.45. The van der Waals surface area contributed by atoms with E-state index in [-0.39, 0.29) is 17.1 Å². The fraction of sp³-hybridized carbons (Fsp3) is 0. The molecule has 1 N–H and O–H groups in total. The number of anilines is 1. The summed E-state index contributed by atoms with van der Waals surface area (Å²) in [5.74, 6) is -0.486. The van der Waals surface area contributed by atoms with Gasteiger partial charge in [0.15, 0.2) is 10.8 Å². The lowest BCUT2D eigenvalue weighted by atomic mass is 10.1. The molecule has 0 unspecified atom stereocenters. The highest BCUT2D eigenvalue weighted by Crippen LogP contribution is 2.27. The van der Waals surface area contributed by atoms with Crippen molar-refractivity contribution in [2.24, 2.45) is 0 Å². The average Bonchev–Trinajstić information content (AvgIpc) is 3.44. The second kappa shape index (κ2) is 8.12. The predicted octanol–water partition coefficient (Wildman–Crippen LogP) is 4.06. The minimum absolute atomic E-state index is 0.0443. The first kappa shape index (κ1) is 19.8. The van der Waals surface area contributed by atoms with E-state index in [0.717, 1.165) is 0 Å². The van der Waals surface area contributed by atoms with E-state index in [1.54, 1.807) is 23.7 Å². The Morgan fingerprint density at radius 3 is 2.45 bits per heavy atom. The van der Waals surface area contributed by atoms with Gasteiger partial charge in [-0.3, -0.25) is 30.3 Å². The largest absolute Gasteiger partial charge is 0.296 e. The van der Waals surface area contributed by atoms with Gasteiger partial charge in [-0.1, -0.05) is 12.1 Å². The molecule has 1 amide bonds. The summed E-state index contributed by atoms with van der Waals surface area (Å²) in [4.78, 5) is 37.5. The van der Waals surface area contributed by atoms with Crippen LogP contribution in [-0.2, 0) is 0 Å². The number of nitrogens with zero attached hydrogens (tertiary/aromatic N) is 5. The van der Waals surface area contributed by atoms with Crippen LogP contribution in [0.3, 0.4) is 0 Å². The first-order valence-electron chi connectivity index (χ1n) is 8.73. The van der Waals surface area contributed by atoms with Gasteiger partial charge in [0.05, 0.1) is 21.2 Å². The Kier molecular flexibility index (Phi) is 5.20. The smallest absolute Gasteiger partial charge is 0.277 e. The molecule has 4 rings (SSSR count). The first-order chi connectivity index (χ1) is 14.9. The Labute approximate surface area is 177 Å². The molecule has 0 radical (unpaired) electrons. The van der Waals surface area contributed by atoms with Gasteiger partial charge in [-0.15, -0.1) is 11.3 Å². The summed E-state index contributed by atoms with van der Waals surface area (Å²) < 4.78 is 1.43. The number of hydrogen-bond acceptors (Lipinski definition) is 8. The van der Waals surface area contributed by atoms with Gasteiger partial charge in [0.1, 0.15) is 0 Å². The molecule has 0 aliphatic rings. The molecule has 0 spiro atoms. The summed E-state index contributed by atoms with van der Waals surface area (Å²) >= 11 is 1.18. The number of benzene rings is 2. The predicted molar refractivity (Wildman–Crippen MR) is 112 cm³/mol. The van der Waals surface area contributed by atoms with Gasteiger partial charge in [-0.2, -0.15) is 5.10 Å². The molecule has 0 fully saturated rings. The zero-order chi connectivity index (χ0) is 22.0. The van der Waals surface area contributed by atoms with E-state index in [0.29, 0.717) is 22.1 Å². The fourth-order valence-corrected chi connectivity index (χ4v) is 3.43. The molecule has 2 aromatic heterocycles. The summed E-state index contributed by atoms with van der Waals surface area (Å²) in [6.07, 6.45) is 1.56. The number of nitro groups is 2. The lowest BCUT2D eigenvalue weighted by Gasteiger charge is -2.01. The van der Waals surface area contributed by atoms with Crippen LogP contribution in [-0.4, -0.2) is 30.5 Å². The van der Waals surface area contributed by atoms with Crippen molar-refractivity contribution in [2.45, 2.75) is 0 Å². The lowest BCUT2D eigenvalue weighted by molar-refractivity contribution is -0.385. The van der Waals surface area contributed by atoms with Crippen LogP contribution in [0.4, 0.5) is 16.5 Å². The Morgan fingerprint density at radius 2 is 1.74 bits per heavy atom. The molecule has 31 heavy (non-hydrogen) atoms. The fourth-order valence-electron chi connectivity index (χ4n) is 2.72. The molecule has 4 aromatic rings. The SMILES string of the molecule is O=C(Nc1nc(-c2cccc([N+](=O)[O-])c2)cs1)c1ccn(-c2ccc([N+](=O)[O-])cc2)n1. The number of aromatic nitrogens is 3. The maximum atomic E-state index is 12.5. The summed E-state index contributed by atoms with van der Waals surface area (Å²) in [7, 11) is 0. The molecular weight excluding hydrogens is 424 g/mol. The summed E-state index contributed by atoms with van der Waals surface area (Å²) in [5.41, 5.74) is 1.66. The number of nitrogens with one attached hydrogen (secondary N) is 1. The Morgan fingerprint density at radius 1 is 1.00 bits per heavy atom. The van der Waals surface area contributed by atoms with Crippen molar-refractivity contribution in [3.05, 3.63) is 92.1 Å². The van der Waals surface area contributed by atoms with Gasteiger partial charge in [0, 0.05) is 41.4 Å². The van der Waals surface area contributed by atoms with Crippen LogP contribution in [0.5, 0.6) is 0 Å². The zero-order valence-electron chi connectivity index (χ0n) is 15.5. The van der Waals surface area contributed by atoms with E-state index in [1.807, 2.05) is 0 Å². The van der Waals surface area contributed by atoms with Crippen molar-refractivity contribution in [3.8, 4) is 16.9 Å². The van der Waals surface area contributed by atoms with E-state index in [4.69, 9.17) is 0 Å². The van der Waals surface area contributed by atoms with Crippen LogP contribution in [0.2, 0.25) is 0 Å². The van der Waals surface area contributed by atoms with E-state index < -0.39 is 15.8 Å². The van der Waals surface area contributed by atoms with Crippen LogP contribution >= 0.6 is 11.3 Å². The third-order valence-corrected chi connectivity index (χ3v) is 4.98. The highest BCUT2D eigenvalue weighted by atomic mass is 32.1. The molecule has 0 atom stereocenters. The normalized spacial score (nSPS) is 10.6. The van der Waals surface area contributed by atoms with Gasteiger partial charge in [-0.05, 0) is 18.2 Å². The van der Waals surface area contributed by atoms with Crippen molar-refractivity contribution in [1.29, 1.82) is 0 Å². The summed E-state index contributed by atoms with van der Waals surface area (Å²) in [6.45, 7) is 0. The van der Waals surface area contributed by atoms with Crippen LogP contribution in [0.15, 0.2) is 66.2 Å². The van der Waals surface area contributed by atoms with Crippen molar-refractivity contribution >= 4 is 33.8 Å². The van der Waals surface area contributed by atoms with Crippen LogP contribution in [0, 0.1) is 20.2 Å². The van der Waals surface area contributed by atoms with Gasteiger partial charge in [-0.25, -0.2) is 9.67 Å². The van der Waals surface area contributed by atoms with E-state index >= 15 is 0 Å². The van der Waals surface area contributed by atoms with Gasteiger partial charge in [0.2, 0.25) is 0 Å². The molecule has 0 bridgehead atoms. The molecule has 11 nitrogen and oxygen atoms in total. The van der Waals surface area contributed by atoms with E-state index in [9.17, 15) is 25.0 Å². The molecular formula is C19H12N6O5S. The number of hydrogen-bond donors (Lipinski definition) is 1. The van der Waals surface area contributed by atoms with Crippen molar-refractivity contribution < 1.29 is 14.6 Å². The number of carbonyl (C=O) groups excluding carboxylic acids is 1. The number of carbonyl (C=O) groups is 1. The van der Waals surface area contributed by atoms with Crippen molar-refractivity contribution in [1.82, 2.24) is 14.8 Å². The molecule has 0 saturated carbocycles. The molecule has 0 saturated heterocycles. The zero-order valence-corrected chi connectivity index (χ0v) is 16.4. The van der Waals surface area contributed by atoms with Crippen LogP contribution in [0.1, 0.15) is 10.5 Å². The summed E-state index contributed by atoms with van der Waals surface area (Å²) in [5, 5.41) is 30.5. The molecule has 2 heterocycles. The number of thiazole rings is 1. The second-order valence-electron chi connectivity index (χ2n) is 6.22. The molecule has 154 valence electrons. The standard InChI is InChI=1S/C19H12N6O5S/c26-18(16-8-9-23(22-16)13-4-6-14(7-5-13)24(27)28)21-19-20-17(11-31-19)12-2-1-3-15(10-12)25(29)30/h1-11H,(H,20,21,26).